The Morgan fingerprint density at radius 2 is 1.79 bits per heavy atom. The maximum absolute atomic E-state index is 13.2. The number of aromatic carboxylic acids is 1. The maximum Gasteiger partial charge on any atom is 0.335 e. The third kappa shape index (κ3) is 4.33. The molecule has 0 atom stereocenters. The van der Waals surface area contributed by atoms with Gasteiger partial charge in [0.25, 0.3) is 5.69 Å². The van der Waals surface area contributed by atoms with Crippen LogP contribution in [0.4, 0.5) is 11.4 Å². The molecule has 4 rings (SSSR count). The van der Waals surface area contributed by atoms with Gasteiger partial charge in [-0.15, -0.1) is 0 Å². The van der Waals surface area contributed by atoms with Crippen molar-refractivity contribution >= 4 is 34.9 Å². The van der Waals surface area contributed by atoms with Gasteiger partial charge >= 0.3 is 5.97 Å². The van der Waals surface area contributed by atoms with Crippen molar-refractivity contribution in [1.82, 2.24) is 4.40 Å². The van der Waals surface area contributed by atoms with Crippen LogP contribution in [0.25, 0.3) is 5.52 Å². The van der Waals surface area contributed by atoms with Gasteiger partial charge in [-0.1, -0.05) is 18.2 Å². The van der Waals surface area contributed by atoms with Crippen molar-refractivity contribution in [1.29, 1.82) is 0 Å². The van der Waals surface area contributed by atoms with Gasteiger partial charge in [-0.2, -0.15) is 5.10 Å². The zero-order valence-electron chi connectivity index (χ0n) is 17.4. The molecule has 2 heterocycles. The minimum Gasteiger partial charge on any atom is -0.478 e. The highest BCUT2D eigenvalue weighted by atomic mass is 16.6. The Balaban J connectivity index is 1.60. The first-order valence-corrected chi connectivity index (χ1v) is 9.87. The first kappa shape index (κ1) is 21.4. The lowest BCUT2D eigenvalue weighted by molar-refractivity contribution is -0.384. The molecule has 2 aromatic carbocycles. The van der Waals surface area contributed by atoms with Crippen LogP contribution in [-0.4, -0.2) is 32.4 Å². The average Bonchev–Trinajstić information content (AvgIpc) is 3.14. The van der Waals surface area contributed by atoms with Crippen molar-refractivity contribution in [3.8, 4) is 0 Å². The SMILES string of the molecule is Cc1cc2ccccn2c1C(=O)c1ccc(N/N=C\c2ccc(C(=O)O)cc2)c([N+](=O)[O-])c1. The number of nitrogens with one attached hydrogen (secondary N) is 1. The van der Waals surface area contributed by atoms with Gasteiger partial charge in [-0.25, -0.2) is 4.79 Å². The topological polar surface area (TPSA) is 126 Å². The number of aryl methyl sites for hydroxylation is 1. The number of hydrogen-bond donors (Lipinski definition) is 2. The minimum atomic E-state index is -1.04. The first-order valence-electron chi connectivity index (χ1n) is 9.87. The molecular weight excluding hydrogens is 424 g/mol. The Kier molecular flexibility index (Phi) is 5.69. The number of aromatic nitrogens is 1. The molecule has 0 aliphatic carbocycles. The summed E-state index contributed by atoms with van der Waals surface area (Å²) in [7, 11) is 0. The fraction of sp³-hybridized carbons (Fsp3) is 0.0417. The number of carbonyl (C=O) groups excluding carboxylic acids is 1. The quantitative estimate of drug-likeness (QED) is 0.187. The van der Waals surface area contributed by atoms with Crippen molar-refractivity contribution in [3.63, 3.8) is 0 Å². The number of carbonyl (C=O) groups is 2. The highest BCUT2D eigenvalue weighted by Gasteiger charge is 2.21. The van der Waals surface area contributed by atoms with E-state index in [0.717, 1.165) is 11.1 Å². The van der Waals surface area contributed by atoms with Gasteiger partial charge in [0.15, 0.2) is 0 Å². The number of hydrazone groups is 1. The molecule has 0 bridgehead atoms. The molecule has 0 fully saturated rings. The molecule has 0 aliphatic heterocycles. The fourth-order valence-electron chi connectivity index (χ4n) is 3.49. The summed E-state index contributed by atoms with van der Waals surface area (Å²) in [6.45, 7) is 1.82. The Hall–Kier alpha value is -4.79. The van der Waals surface area contributed by atoms with Crippen LogP contribution in [0.15, 0.2) is 78.0 Å². The molecule has 4 aromatic rings. The lowest BCUT2D eigenvalue weighted by Crippen LogP contribution is -2.08. The molecule has 0 saturated carbocycles. The highest BCUT2D eigenvalue weighted by molar-refractivity contribution is 6.10. The number of nitrogens with zero attached hydrogens (tertiary/aromatic N) is 3. The van der Waals surface area contributed by atoms with Crippen molar-refractivity contribution in [3.05, 3.63) is 111 Å². The molecule has 0 unspecified atom stereocenters. The van der Waals surface area contributed by atoms with E-state index in [4.69, 9.17) is 5.11 Å². The smallest absolute Gasteiger partial charge is 0.335 e. The first-order chi connectivity index (χ1) is 15.8. The van der Waals surface area contributed by atoms with Gasteiger partial charge in [0.1, 0.15) is 5.69 Å². The minimum absolute atomic E-state index is 0.117. The van der Waals surface area contributed by atoms with Gasteiger partial charge in [0.05, 0.1) is 22.4 Å². The number of pyridine rings is 1. The molecule has 33 heavy (non-hydrogen) atoms. The predicted octanol–water partition coefficient (Wildman–Crippen LogP) is 4.53. The fourth-order valence-corrected chi connectivity index (χ4v) is 3.49. The molecule has 2 N–H and O–H groups in total. The second-order valence-electron chi connectivity index (χ2n) is 7.29. The monoisotopic (exact) mass is 442 g/mol. The van der Waals surface area contributed by atoms with Gasteiger partial charge in [-0.05, 0) is 60.5 Å². The molecular formula is C24H18N4O5. The summed E-state index contributed by atoms with van der Waals surface area (Å²) in [4.78, 5) is 35.1. The standard InChI is InChI=1S/C24H18N4O5/c1-15-12-19-4-2-3-11-27(19)22(15)23(29)18-9-10-20(21(13-18)28(32)33)26-25-14-16-5-7-17(8-6-16)24(30)31/h2-14,26H,1H3,(H,30,31)/b25-14-. The molecule has 2 aromatic heterocycles. The molecule has 0 radical (unpaired) electrons. The van der Waals surface area contributed by atoms with E-state index in [1.54, 1.807) is 22.7 Å². The lowest BCUT2D eigenvalue weighted by atomic mass is 10.0. The van der Waals surface area contributed by atoms with Crippen LogP contribution in [0.5, 0.6) is 0 Å². The van der Waals surface area contributed by atoms with E-state index >= 15 is 0 Å². The molecule has 0 saturated heterocycles. The van der Waals surface area contributed by atoms with E-state index in [-0.39, 0.29) is 28.3 Å². The van der Waals surface area contributed by atoms with Crippen LogP contribution in [0.1, 0.15) is 37.5 Å². The Bertz CT molecular complexity index is 1420. The number of nitro groups is 1. The summed E-state index contributed by atoms with van der Waals surface area (Å²) in [5.41, 5.74) is 5.46. The normalized spacial score (nSPS) is 11.1. The predicted molar refractivity (Wildman–Crippen MR) is 123 cm³/mol. The summed E-state index contributed by atoms with van der Waals surface area (Å²) in [6.07, 6.45) is 3.18. The molecule has 9 heteroatoms. The van der Waals surface area contributed by atoms with Crippen LogP contribution in [-0.2, 0) is 0 Å². The third-order valence-corrected chi connectivity index (χ3v) is 5.10. The van der Waals surface area contributed by atoms with Crippen molar-refractivity contribution < 1.29 is 19.6 Å². The number of carboxylic acid groups (broad SMARTS) is 1. The van der Waals surface area contributed by atoms with Crippen molar-refractivity contribution in [2.75, 3.05) is 5.43 Å². The van der Waals surface area contributed by atoms with E-state index in [2.05, 4.69) is 10.5 Å². The number of nitro benzene ring substituents is 1. The van der Waals surface area contributed by atoms with Gasteiger partial charge in [0.2, 0.25) is 5.78 Å². The number of anilines is 1. The van der Waals surface area contributed by atoms with Crippen LogP contribution in [0.3, 0.4) is 0 Å². The largest absolute Gasteiger partial charge is 0.478 e. The Labute approximate surface area is 187 Å². The van der Waals surface area contributed by atoms with E-state index in [0.29, 0.717) is 11.3 Å². The summed E-state index contributed by atoms with van der Waals surface area (Å²) in [6, 6.07) is 17.6. The van der Waals surface area contributed by atoms with E-state index in [9.17, 15) is 19.7 Å². The van der Waals surface area contributed by atoms with E-state index < -0.39 is 10.9 Å². The van der Waals surface area contributed by atoms with Crippen LogP contribution in [0.2, 0.25) is 0 Å². The number of rotatable bonds is 7. The third-order valence-electron chi connectivity index (χ3n) is 5.10. The van der Waals surface area contributed by atoms with Crippen molar-refractivity contribution in [2.45, 2.75) is 6.92 Å². The van der Waals surface area contributed by atoms with E-state index in [1.807, 2.05) is 31.2 Å². The average molecular weight is 442 g/mol. The number of fused-ring (bicyclic) bond motifs is 1. The van der Waals surface area contributed by atoms with E-state index in [1.165, 1.54) is 36.5 Å². The Morgan fingerprint density at radius 1 is 1.06 bits per heavy atom. The summed E-state index contributed by atoms with van der Waals surface area (Å²) >= 11 is 0. The van der Waals surface area contributed by atoms with Gasteiger partial charge in [-0.3, -0.25) is 20.3 Å². The van der Waals surface area contributed by atoms with Gasteiger partial charge < -0.3 is 9.51 Å². The van der Waals surface area contributed by atoms with Crippen molar-refractivity contribution in [2.24, 2.45) is 5.10 Å². The molecule has 9 nitrogen and oxygen atoms in total. The Morgan fingerprint density at radius 3 is 2.48 bits per heavy atom. The molecule has 164 valence electrons. The summed E-state index contributed by atoms with van der Waals surface area (Å²) < 4.78 is 1.76. The maximum atomic E-state index is 13.2. The number of hydrogen-bond acceptors (Lipinski definition) is 6. The lowest BCUT2D eigenvalue weighted by Gasteiger charge is -2.07. The summed E-state index contributed by atoms with van der Waals surface area (Å²) in [5.74, 6) is -1.36. The zero-order chi connectivity index (χ0) is 23.5. The second-order valence-corrected chi connectivity index (χ2v) is 7.29. The second kappa shape index (κ2) is 8.75. The number of ketones is 1. The zero-order valence-corrected chi connectivity index (χ0v) is 17.4. The summed E-state index contributed by atoms with van der Waals surface area (Å²) in [5, 5.41) is 24.6. The molecule has 0 amide bonds. The molecule has 0 aliphatic rings. The number of benzene rings is 2. The molecule has 0 spiro atoms. The number of carboxylic acids is 1. The van der Waals surface area contributed by atoms with Gasteiger partial charge in [0, 0.05) is 23.3 Å². The van der Waals surface area contributed by atoms with Crippen LogP contribution < -0.4 is 5.43 Å². The van der Waals surface area contributed by atoms with Crippen LogP contribution >= 0.6 is 0 Å². The highest BCUT2D eigenvalue weighted by Crippen LogP contribution is 2.28. The van der Waals surface area contributed by atoms with Crippen LogP contribution in [0, 0.1) is 17.0 Å².